The van der Waals surface area contributed by atoms with Gasteiger partial charge in [-0.1, -0.05) is 65.2 Å². The molecule has 0 aliphatic rings. The molecule has 0 atom stereocenters. The van der Waals surface area contributed by atoms with Gasteiger partial charge in [0.2, 0.25) is 0 Å². The van der Waals surface area contributed by atoms with Gasteiger partial charge in [-0.2, -0.15) is 0 Å². The molecule has 0 fully saturated rings. The number of benzene rings is 1. The number of halogens is 1. The van der Waals surface area contributed by atoms with Crippen molar-refractivity contribution in [3.05, 3.63) is 35.9 Å². The van der Waals surface area contributed by atoms with Crippen LogP contribution in [0, 0.1) is 11.8 Å². The number of hydrogen-bond donors (Lipinski definition) is 0. The maximum Gasteiger partial charge on any atom is 0.0245 e. The largest absolute Gasteiger partial charge is 0.0979 e. The summed E-state index contributed by atoms with van der Waals surface area (Å²) < 4.78 is 0. The summed E-state index contributed by atoms with van der Waals surface area (Å²) in [6.45, 7) is 0. The monoisotopic (exact) mass is 278 g/mol. The summed E-state index contributed by atoms with van der Waals surface area (Å²) in [5.74, 6) is 6.42. The minimum atomic E-state index is 1.03. The summed E-state index contributed by atoms with van der Waals surface area (Å²) in [6, 6.07) is 10.2. The van der Waals surface area contributed by atoms with Crippen LogP contribution in [-0.4, -0.2) is 5.33 Å². The van der Waals surface area contributed by atoms with Gasteiger partial charge < -0.3 is 0 Å². The topological polar surface area (TPSA) is 0 Å². The van der Waals surface area contributed by atoms with Gasteiger partial charge in [0.05, 0.1) is 0 Å². The highest BCUT2D eigenvalue weighted by molar-refractivity contribution is 9.09. The first-order valence-corrected chi connectivity index (χ1v) is 7.15. The molecule has 86 valence electrons. The Labute approximate surface area is 108 Å². The lowest BCUT2D eigenvalue weighted by atomic mass is 10.1. The van der Waals surface area contributed by atoms with Gasteiger partial charge in [-0.25, -0.2) is 0 Å². The van der Waals surface area contributed by atoms with Crippen LogP contribution >= 0.6 is 15.9 Å². The molecule has 0 aliphatic carbocycles. The first-order valence-electron chi connectivity index (χ1n) is 6.03. The smallest absolute Gasteiger partial charge is 0.0245 e. The minimum absolute atomic E-state index is 1.03. The molecule has 1 heteroatoms. The molecule has 1 aromatic rings. The molecule has 0 aromatic heterocycles. The number of unbranched alkanes of at least 4 members (excludes halogenated alkanes) is 5. The maximum atomic E-state index is 3.45. The lowest BCUT2D eigenvalue weighted by molar-refractivity contribution is 0.645. The molecule has 1 rings (SSSR count). The zero-order chi connectivity index (χ0) is 11.5. The van der Waals surface area contributed by atoms with Crippen molar-refractivity contribution in [3.63, 3.8) is 0 Å². The third-order valence-electron chi connectivity index (χ3n) is 2.44. The van der Waals surface area contributed by atoms with Gasteiger partial charge in [-0.3, -0.25) is 0 Å². The van der Waals surface area contributed by atoms with Crippen LogP contribution in [0.5, 0.6) is 0 Å². The summed E-state index contributed by atoms with van der Waals surface area (Å²) in [7, 11) is 0. The van der Waals surface area contributed by atoms with Crippen LogP contribution in [0.4, 0.5) is 0 Å². The van der Waals surface area contributed by atoms with Crippen LogP contribution in [0.15, 0.2) is 30.3 Å². The molecule has 0 spiro atoms. The van der Waals surface area contributed by atoms with E-state index in [1.165, 1.54) is 32.1 Å². The summed E-state index contributed by atoms with van der Waals surface area (Å²) in [5, 5.41) is 1.14. The molecule has 0 bridgehead atoms. The zero-order valence-corrected chi connectivity index (χ0v) is 11.3. The summed E-state index contributed by atoms with van der Waals surface area (Å²) in [4.78, 5) is 0. The molecular weight excluding hydrogens is 260 g/mol. The molecule has 0 heterocycles. The Morgan fingerprint density at radius 2 is 1.56 bits per heavy atom. The highest BCUT2D eigenvalue weighted by Crippen LogP contribution is 2.06. The second-order valence-corrected chi connectivity index (χ2v) is 4.67. The number of alkyl halides is 1. The second-order valence-electron chi connectivity index (χ2n) is 3.87. The lowest BCUT2D eigenvalue weighted by Crippen LogP contribution is -1.79. The Bertz CT molecular complexity index is 318. The van der Waals surface area contributed by atoms with Crippen LogP contribution in [0.3, 0.4) is 0 Å². The average Bonchev–Trinajstić information content (AvgIpc) is 2.34. The van der Waals surface area contributed by atoms with Crippen molar-refractivity contribution in [2.75, 3.05) is 5.33 Å². The predicted molar refractivity (Wildman–Crippen MR) is 74.8 cm³/mol. The molecule has 1 aromatic carbocycles. The van der Waals surface area contributed by atoms with Crippen molar-refractivity contribution < 1.29 is 0 Å². The van der Waals surface area contributed by atoms with Gasteiger partial charge in [0.15, 0.2) is 0 Å². The van der Waals surface area contributed by atoms with Gasteiger partial charge in [-0.15, -0.1) is 0 Å². The Hall–Kier alpha value is -0.740. The molecule has 0 aliphatic heterocycles. The Balaban J connectivity index is 2.05. The normalized spacial score (nSPS) is 9.56. The molecule has 0 saturated heterocycles. The molecule has 0 amide bonds. The first kappa shape index (κ1) is 13.3. The third-order valence-corrected chi connectivity index (χ3v) is 3.00. The summed E-state index contributed by atoms with van der Waals surface area (Å²) >= 11 is 3.45. The van der Waals surface area contributed by atoms with E-state index in [1.807, 2.05) is 18.2 Å². The highest BCUT2D eigenvalue weighted by atomic mass is 79.9. The molecule has 0 unspecified atom stereocenters. The summed E-state index contributed by atoms with van der Waals surface area (Å²) in [5.41, 5.74) is 1.13. The Kier molecular flexibility index (Phi) is 7.90. The SMILES string of the molecule is BrCCCCCCCC#Cc1ccccc1. The van der Waals surface area contributed by atoms with Crippen molar-refractivity contribution in [3.8, 4) is 11.8 Å². The third kappa shape index (κ3) is 6.69. The number of rotatable bonds is 6. The standard InChI is InChI=1S/C15H19Br/c16-14-10-5-3-1-2-4-7-11-15-12-8-6-9-13-15/h6,8-9,12-13H,1-5,10,14H2. The average molecular weight is 279 g/mol. The van der Waals surface area contributed by atoms with Crippen LogP contribution in [0.2, 0.25) is 0 Å². The van der Waals surface area contributed by atoms with Crippen molar-refractivity contribution >= 4 is 15.9 Å². The summed E-state index contributed by atoms with van der Waals surface area (Å²) in [6.07, 6.45) is 7.58. The van der Waals surface area contributed by atoms with Gasteiger partial charge in [0, 0.05) is 17.3 Å². The zero-order valence-electron chi connectivity index (χ0n) is 9.71. The molecule has 0 N–H and O–H groups in total. The Morgan fingerprint density at radius 1 is 0.875 bits per heavy atom. The van der Waals surface area contributed by atoms with Gasteiger partial charge >= 0.3 is 0 Å². The fraction of sp³-hybridized carbons (Fsp3) is 0.467. The van der Waals surface area contributed by atoms with E-state index in [1.54, 1.807) is 0 Å². The van der Waals surface area contributed by atoms with Crippen molar-refractivity contribution in [1.29, 1.82) is 0 Å². The van der Waals surface area contributed by atoms with E-state index in [-0.39, 0.29) is 0 Å². The fourth-order valence-electron chi connectivity index (χ4n) is 1.52. The number of hydrogen-bond acceptors (Lipinski definition) is 0. The first-order chi connectivity index (χ1) is 7.93. The van der Waals surface area contributed by atoms with Gasteiger partial charge in [-0.05, 0) is 25.0 Å². The van der Waals surface area contributed by atoms with E-state index in [0.717, 1.165) is 17.3 Å². The van der Waals surface area contributed by atoms with Gasteiger partial charge in [0.25, 0.3) is 0 Å². The van der Waals surface area contributed by atoms with Crippen molar-refractivity contribution in [2.45, 2.75) is 38.5 Å². The molecule has 16 heavy (non-hydrogen) atoms. The lowest BCUT2D eigenvalue weighted by Gasteiger charge is -1.96. The maximum absolute atomic E-state index is 3.45. The van der Waals surface area contributed by atoms with E-state index in [4.69, 9.17) is 0 Å². The van der Waals surface area contributed by atoms with Crippen LogP contribution in [0.1, 0.15) is 44.1 Å². The van der Waals surface area contributed by atoms with Crippen LogP contribution < -0.4 is 0 Å². The molecule has 0 radical (unpaired) electrons. The van der Waals surface area contributed by atoms with E-state index < -0.39 is 0 Å². The minimum Gasteiger partial charge on any atom is -0.0979 e. The van der Waals surface area contributed by atoms with Crippen molar-refractivity contribution in [1.82, 2.24) is 0 Å². The van der Waals surface area contributed by atoms with Crippen molar-refractivity contribution in [2.24, 2.45) is 0 Å². The van der Waals surface area contributed by atoms with E-state index in [0.29, 0.717) is 0 Å². The quantitative estimate of drug-likeness (QED) is 0.399. The van der Waals surface area contributed by atoms with Crippen LogP contribution in [0.25, 0.3) is 0 Å². The predicted octanol–water partition coefficient (Wildman–Crippen LogP) is 4.77. The Morgan fingerprint density at radius 3 is 2.31 bits per heavy atom. The highest BCUT2D eigenvalue weighted by Gasteiger charge is 1.88. The second kappa shape index (κ2) is 9.48. The van der Waals surface area contributed by atoms with E-state index in [9.17, 15) is 0 Å². The van der Waals surface area contributed by atoms with Crippen LogP contribution in [-0.2, 0) is 0 Å². The van der Waals surface area contributed by atoms with E-state index >= 15 is 0 Å². The fourth-order valence-corrected chi connectivity index (χ4v) is 1.92. The van der Waals surface area contributed by atoms with E-state index in [2.05, 4.69) is 39.9 Å². The van der Waals surface area contributed by atoms with Gasteiger partial charge in [0.1, 0.15) is 0 Å². The molecule has 0 nitrogen and oxygen atoms in total. The molecule has 0 saturated carbocycles. The molecular formula is C15H19Br.